The molecule has 0 aliphatic rings. The van der Waals surface area contributed by atoms with E-state index in [1.54, 1.807) is 0 Å². The Morgan fingerprint density at radius 2 is 1.00 bits per heavy atom. The van der Waals surface area contributed by atoms with Crippen LogP contribution in [0, 0.1) is 5.41 Å². The Labute approximate surface area is 89.2 Å². The molecule has 10 heteroatoms. The molecule has 1 N–H and O–H groups in total. The highest BCUT2D eigenvalue weighted by molar-refractivity contribution is 5.00. The lowest BCUT2D eigenvalue weighted by Gasteiger charge is -2.39. The van der Waals surface area contributed by atoms with E-state index in [9.17, 15) is 39.5 Å². The van der Waals surface area contributed by atoms with Gasteiger partial charge in [0, 0.05) is 6.42 Å². The second kappa shape index (κ2) is 4.21. The number of hydrogen-bond donors (Lipinski definition) is 1. The van der Waals surface area contributed by atoms with E-state index in [2.05, 4.69) is 0 Å². The van der Waals surface area contributed by atoms with Crippen molar-refractivity contribution in [1.29, 1.82) is 0 Å². The van der Waals surface area contributed by atoms with Gasteiger partial charge in [-0.05, 0) is 6.92 Å². The fraction of sp³-hybridized carbons (Fsp3) is 1.00. The number of hydrogen-bond acceptors (Lipinski definition) is 1. The van der Waals surface area contributed by atoms with Crippen molar-refractivity contribution in [2.45, 2.75) is 38.0 Å². The van der Waals surface area contributed by atoms with Crippen molar-refractivity contribution < 1.29 is 44.6 Å². The van der Waals surface area contributed by atoms with Crippen LogP contribution < -0.4 is 0 Å². The fourth-order valence-electron chi connectivity index (χ4n) is 1.27. The highest BCUT2D eigenvalue weighted by atomic mass is 19.4. The van der Waals surface area contributed by atoms with Crippen molar-refractivity contribution in [1.82, 2.24) is 0 Å². The van der Waals surface area contributed by atoms with Crippen LogP contribution in [0.2, 0.25) is 0 Å². The van der Waals surface area contributed by atoms with E-state index in [0.29, 0.717) is 6.92 Å². The normalized spacial score (nSPS) is 17.1. The lowest BCUT2D eigenvalue weighted by molar-refractivity contribution is -0.432. The Kier molecular flexibility index (Phi) is 4.05. The molecule has 0 heterocycles. The summed E-state index contributed by atoms with van der Waals surface area (Å²) in [7, 11) is 0. The van der Waals surface area contributed by atoms with Crippen molar-refractivity contribution in [2.75, 3.05) is 0 Å². The first-order valence-corrected chi connectivity index (χ1v) is 4.05. The molecule has 17 heavy (non-hydrogen) atoms. The molecule has 1 nitrogen and oxygen atoms in total. The number of halogens is 9. The summed E-state index contributed by atoms with van der Waals surface area (Å²) in [5, 5.41) is 8.48. The minimum Gasteiger partial charge on any atom is -0.393 e. The van der Waals surface area contributed by atoms with Crippen molar-refractivity contribution in [3.63, 3.8) is 0 Å². The van der Waals surface area contributed by atoms with E-state index in [-0.39, 0.29) is 0 Å². The SMILES string of the molecule is CC(O)CC(C(F)(F)F)(C(F)(F)F)C(F)(F)F. The van der Waals surface area contributed by atoms with Gasteiger partial charge in [-0.1, -0.05) is 0 Å². The highest BCUT2D eigenvalue weighted by Crippen LogP contribution is 2.61. The lowest BCUT2D eigenvalue weighted by atomic mass is 9.80. The molecule has 0 aliphatic carbocycles. The summed E-state index contributed by atoms with van der Waals surface area (Å²) in [6.07, 6.45) is -24.7. The topological polar surface area (TPSA) is 20.2 Å². The maximum Gasteiger partial charge on any atom is 0.412 e. The van der Waals surface area contributed by atoms with Gasteiger partial charge in [-0.2, -0.15) is 39.5 Å². The highest BCUT2D eigenvalue weighted by Gasteiger charge is 2.83. The van der Waals surface area contributed by atoms with Crippen LogP contribution in [0.4, 0.5) is 39.5 Å². The van der Waals surface area contributed by atoms with Crippen molar-refractivity contribution in [2.24, 2.45) is 5.41 Å². The second-order valence-electron chi connectivity index (χ2n) is 3.45. The van der Waals surface area contributed by atoms with Gasteiger partial charge in [0.05, 0.1) is 6.10 Å². The quantitative estimate of drug-likeness (QED) is 0.767. The van der Waals surface area contributed by atoms with Crippen molar-refractivity contribution in [3.05, 3.63) is 0 Å². The number of aliphatic hydroxyl groups is 1. The van der Waals surface area contributed by atoms with Crippen LogP contribution in [0.1, 0.15) is 13.3 Å². The molecule has 1 unspecified atom stereocenters. The third-order valence-corrected chi connectivity index (χ3v) is 2.05. The largest absolute Gasteiger partial charge is 0.412 e. The summed E-state index contributed by atoms with van der Waals surface area (Å²) in [4.78, 5) is 0. The van der Waals surface area contributed by atoms with Crippen LogP contribution in [0.25, 0.3) is 0 Å². The number of rotatable bonds is 2. The summed E-state index contributed by atoms with van der Waals surface area (Å²) >= 11 is 0. The molecule has 0 saturated heterocycles. The molecule has 104 valence electrons. The molecule has 0 amide bonds. The van der Waals surface area contributed by atoms with Crippen molar-refractivity contribution in [3.8, 4) is 0 Å². The third kappa shape index (κ3) is 2.78. The minimum atomic E-state index is -6.60. The summed E-state index contributed by atoms with van der Waals surface area (Å²) in [6.45, 7) is 0.415. The van der Waals surface area contributed by atoms with Crippen LogP contribution in [0.5, 0.6) is 0 Å². The Hall–Kier alpha value is -0.670. The Morgan fingerprint density at radius 3 is 1.06 bits per heavy atom. The van der Waals surface area contributed by atoms with Gasteiger partial charge in [0.15, 0.2) is 0 Å². The molecular formula is C7H7F9O. The first-order chi connectivity index (χ1) is 7.17. The molecule has 0 saturated carbocycles. The monoisotopic (exact) mass is 278 g/mol. The fourth-order valence-corrected chi connectivity index (χ4v) is 1.27. The molecule has 0 aromatic carbocycles. The smallest absolute Gasteiger partial charge is 0.393 e. The van der Waals surface area contributed by atoms with Gasteiger partial charge in [-0.25, -0.2) is 0 Å². The van der Waals surface area contributed by atoms with E-state index in [1.807, 2.05) is 0 Å². The summed E-state index contributed by atoms with van der Waals surface area (Å²) in [6, 6.07) is 0. The van der Waals surface area contributed by atoms with E-state index >= 15 is 0 Å². The zero-order valence-electron chi connectivity index (χ0n) is 8.13. The van der Waals surface area contributed by atoms with Gasteiger partial charge in [0.1, 0.15) is 0 Å². The maximum absolute atomic E-state index is 12.2. The Balaban J connectivity index is 5.93. The Bertz CT molecular complexity index is 222. The predicted molar refractivity (Wildman–Crippen MR) is 36.9 cm³/mol. The number of aliphatic hydroxyl groups excluding tert-OH is 1. The summed E-state index contributed by atoms with van der Waals surface area (Å²) < 4.78 is 110. The molecule has 0 spiro atoms. The molecule has 1 atom stereocenters. The molecule has 0 rings (SSSR count). The zero-order valence-corrected chi connectivity index (χ0v) is 8.13. The second-order valence-corrected chi connectivity index (χ2v) is 3.45. The number of alkyl halides is 9. The molecule has 0 bridgehead atoms. The Morgan fingerprint density at radius 1 is 0.765 bits per heavy atom. The lowest BCUT2D eigenvalue weighted by Crippen LogP contribution is -2.60. The van der Waals surface area contributed by atoms with E-state index in [4.69, 9.17) is 5.11 Å². The van der Waals surface area contributed by atoms with Gasteiger partial charge < -0.3 is 5.11 Å². The van der Waals surface area contributed by atoms with Crippen LogP contribution in [-0.4, -0.2) is 29.7 Å². The molecule has 0 aromatic rings. The average molecular weight is 278 g/mol. The molecule has 0 radical (unpaired) electrons. The molecule has 0 fully saturated rings. The molecule has 0 aromatic heterocycles. The summed E-state index contributed by atoms with van der Waals surface area (Å²) in [5.41, 5.74) is -5.92. The molecule has 0 aliphatic heterocycles. The first kappa shape index (κ1) is 16.3. The van der Waals surface area contributed by atoms with Crippen LogP contribution in [-0.2, 0) is 0 Å². The molecular weight excluding hydrogens is 271 g/mol. The average Bonchev–Trinajstić information content (AvgIpc) is 1.91. The van der Waals surface area contributed by atoms with Crippen LogP contribution >= 0.6 is 0 Å². The minimum absolute atomic E-state index is 0.415. The van der Waals surface area contributed by atoms with Crippen molar-refractivity contribution >= 4 is 0 Å². The van der Waals surface area contributed by atoms with Crippen LogP contribution in [0.15, 0.2) is 0 Å². The maximum atomic E-state index is 12.2. The van der Waals surface area contributed by atoms with Crippen LogP contribution in [0.3, 0.4) is 0 Å². The standard InChI is InChI=1S/C7H7F9O/c1-3(17)2-4(5(8,9)10,6(11,12)13)7(14,15)16/h3,17H,2H2,1H3. The van der Waals surface area contributed by atoms with E-state index < -0.39 is 36.5 Å². The van der Waals surface area contributed by atoms with Gasteiger partial charge in [-0.15, -0.1) is 0 Å². The van der Waals surface area contributed by atoms with Gasteiger partial charge >= 0.3 is 18.5 Å². The third-order valence-electron chi connectivity index (χ3n) is 2.05. The zero-order chi connectivity index (χ0) is 14.3. The predicted octanol–water partition coefficient (Wildman–Crippen LogP) is 3.43. The first-order valence-electron chi connectivity index (χ1n) is 4.05. The summed E-state index contributed by atoms with van der Waals surface area (Å²) in [5.74, 6) is 0. The van der Waals surface area contributed by atoms with Gasteiger partial charge in [0.25, 0.3) is 5.41 Å². The van der Waals surface area contributed by atoms with E-state index in [0.717, 1.165) is 0 Å². The van der Waals surface area contributed by atoms with E-state index in [1.165, 1.54) is 0 Å². The van der Waals surface area contributed by atoms with Gasteiger partial charge in [0.2, 0.25) is 0 Å². The van der Waals surface area contributed by atoms with Gasteiger partial charge in [-0.3, -0.25) is 0 Å².